The van der Waals surface area contributed by atoms with Crippen LogP contribution >= 0.6 is 0 Å². The fraction of sp³-hybridized carbons (Fsp3) is 0.862. The van der Waals surface area contributed by atoms with Crippen LogP contribution in [-0.2, 0) is 0 Å². The van der Waals surface area contributed by atoms with Crippen LogP contribution in [0.5, 0.6) is 0 Å². The van der Waals surface area contributed by atoms with Crippen LogP contribution < -0.4 is 0 Å². The van der Waals surface area contributed by atoms with Crippen molar-refractivity contribution in [2.45, 2.75) is 123 Å². The first-order valence-electron chi connectivity index (χ1n) is 14.0. The fourth-order valence-electron chi connectivity index (χ4n) is 5.71. The largest absolute Gasteiger partial charge is 0.392 e. The summed E-state index contributed by atoms with van der Waals surface area (Å²) in [7, 11) is 0. The Hall–Kier alpha value is -0.640. The first kappa shape index (κ1) is 27.6. The molecule has 0 aromatic carbocycles. The molecule has 0 heterocycles. The minimum atomic E-state index is -0.351. The van der Waals surface area contributed by atoms with E-state index < -0.39 is 0 Å². The summed E-state index contributed by atoms with van der Waals surface area (Å²) in [6.45, 7) is 10.6. The molecule has 0 spiro atoms. The third-order valence-corrected chi connectivity index (χ3v) is 7.74. The van der Waals surface area contributed by atoms with E-state index in [9.17, 15) is 10.2 Å². The second-order valence-electron chi connectivity index (χ2n) is 10.5. The zero-order chi connectivity index (χ0) is 23.2. The van der Waals surface area contributed by atoms with Crippen LogP contribution in [0.15, 0.2) is 23.8 Å². The number of unbranched alkanes of at least 4 members (excludes halogenated alkanes) is 6. The fourth-order valence-corrected chi connectivity index (χ4v) is 5.71. The summed E-state index contributed by atoms with van der Waals surface area (Å²) in [6.07, 6.45) is 22.8. The molecule has 2 rings (SSSR count). The highest BCUT2D eigenvalue weighted by Crippen LogP contribution is 2.48. The van der Waals surface area contributed by atoms with E-state index in [2.05, 4.69) is 37.8 Å². The zero-order valence-corrected chi connectivity index (χ0v) is 21.5. The Labute approximate surface area is 199 Å². The van der Waals surface area contributed by atoms with Gasteiger partial charge in [-0.2, -0.15) is 0 Å². The van der Waals surface area contributed by atoms with Gasteiger partial charge in [-0.1, -0.05) is 83.1 Å². The molecule has 1 saturated carbocycles. The Balaban J connectivity index is 1.68. The van der Waals surface area contributed by atoms with Crippen molar-refractivity contribution in [3.05, 3.63) is 23.8 Å². The number of fused-ring (bicyclic) bond motifs is 1. The third-order valence-electron chi connectivity index (χ3n) is 7.74. The number of nitrogens with zero attached hydrogens (tertiary/aromatic N) is 1. The molecule has 1 fully saturated rings. The average Bonchev–Trinajstić information content (AvgIpc) is 3.29. The van der Waals surface area contributed by atoms with Gasteiger partial charge in [0.25, 0.3) is 0 Å². The van der Waals surface area contributed by atoms with Gasteiger partial charge in [-0.05, 0) is 82.8 Å². The number of aliphatic hydroxyl groups excluding tert-OH is 2. The van der Waals surface area contributed by atoms with Crippen molar-refractivity contribution in [3.63, 3.8) is 0 Å². The predicted molar refractivity (Wildman–Crippen MR) is 138 cm³/mol. The Morgan fingerprint density at radius 1 is 0.938 bits per heavy atom. The van der Waals surface area contributed by atoms with Crippen LogP contribution in [0.25, 0.3) is 0 Å². The van der Waals surface area contributed by atoms with E-state index in [-0.39, 0.29) is 18.1 Å². The Morgan fingerprint density at radius 3 is 2.31 bits per heavy atom. The van der Waals surface area contributed by atoms with Gasteiger partial charge in [0.1, 0.15) is 0 Å². The Bertz CT molecular complexity index is 535. The molecule has 0 bridgehead atoms. The first-order chi connectivity index (χ1) is 15.6. The molecular weight excluding hydrogens is 394 g/mol. The molecule has 5 atom stereocenters. The van der Waals surface area contributed by atoms with E-state index >= 15 is 0 Å². The highest BCUT2D eigenvalue weighted by molar-refractivity contribution is 5.21. The first-order valence-corrected chi connectivity index (χ1v) is 14.0. The Kier molecular flexibility index (Phi) is 13.9. The van der Waals surface area contributed by atoms with Crippen LogP contribution in [0.4, 0.5) is 0 Å². The summed E-state index contributed by atoms with van der Waals surface area (Å²) >= 11 is 0. The van der Waals surface area contributed by atoms with E-state index in [1.54, 1.807) is 5.57 Å². The zero-order valence-electron chi connectivity index (χ0n) is 21.5. The lowest BCUT2D eigenvalue weighted by Crippen LogP contribution is -2.27. The molecule has 0 unspecified atom stereocenters. The van der Waals surface area contributed by atoms with Crippen molar-refractivity contribution in [2.75, 3.05) is 19.6 Å². The second kappa shape index (κ2) is 16.1. The highest BCUT2D eigenvalue weighted by Gasteiger charge is 2.43. The lowest BCUT2D eigenvalue weighted by Gasteiger charge is -2.22. The molecule has 2 aliphatic carbocycles. The summed E-state index contributed by atoms with van der Waals surface area (Å²) < 4.78 is 0. The standard InChI is InChI=1S/C29H53NO2/c1-4-7-11-15-26(31)16-17-27-28-22-24(21-25(28)23-29(27)32)14-12-10-13-20-30(18-8-5-2)19-9-6-3/h16-17,21,25-29,31-32H,4-15,18-20,22-23H2,1-3H3/b17-16+/t25-,26-,27+,28-,29+/m0/s1. The number of allylic oxidation sites excluding steroid dienone is 2. The SMILES string of the molecule is CCCCC[C@H](O)/C=C/[C@@H]1[C@H]2CC(CCCCCN(CCCC)CCCC)=C[C@H]2C[C@H]1O. The van der Waals surface area contributed by atoms with E-state index in [1.165, 1.54) is 83.8 Å². The predicted octanol–water partition coefficient (Wildman–Crippen LogP) is 6.89. The quantitative estimate of drug-likeness (QED) is 0.178. The lowest BCUT2D eigenvalue weighted by molar-refractivity contribution is 0.139. The molecular formula is C29H53NO2. The lowest BCUT2D eigenvalue weighted by atomic mass is 9.88. The highest BCUT2D eigenvalue weighted by atomic mass is 16.3. The van der Waals surface area contributed by atoms with Gasteiger partial charge in [-0.25, -0.2) is 0 Å². The summed E-state index contributed by atoms with van der Waals surface area (Å²) in [4.78, 5) is 2.68. The number of aliphatic hydroxyl groups is 2. The number of rotatable bonds is 18. The van der Waals surface area contributed by atoms with Crippen molar-refractivity contribution in [3.8, 4) is 0 Å². The second-order valence-corrected chi connectivity index (χ2v) is 10.5. The van der Waals surface area contributed by atoms with E-state index in [0.29, 0.717) is 11.8 Å². The van der Waals surface area contributed by atoms with Crippen molar-refractivity contribution in [1.29, 1.82) is 0 Å². The summed E-state index contributed by atoms with van der Waals surface area (Å²) in [5, 5.41) is 20.8. The van der Waals surface area contributed by atoms with E-state index in [4.69, 9.17) is 0 Å². The molecule has 0 amide bonds. The summed E-state index contributed by atoms with van der Waals surface area (Å²) in [5.74, 6) is 1.32. The van der Waals surface area contributed by atoms with Crippen LogP contribution in [-0.4, -0.2) is 47.0 Å². The van der Waals surface area contributed by atoms with Crippen LogP contribution in [0.3, 0.4) is 0 Å². The van der Waals surface area contributed by atoms with Crippen LogP contribution in [0, 0.1) is 17.8 Å². The van der Waals surface area contributed by atoms with Gasteiger partial charge >= 0.3 is 0 Å². The van der Waals surface area contributed by atoms with Crippen molar-refractivity contribution in [2.24, 2.45) is 17.8 Å². The van der Waals surface area contributed by atoms with Crippen molar-refractivity contribution < 1.29 is 10.2 Å². The van der Waals surface area contributed by atoms with Crippen LogP contribution in [0.2, 0.25) is 0 Å². The van der Waals surface area contributed by atoms with Gasteiger partial charge in [0.2, 0.25) is 0 Å². The van der Waals surface area contributed by atoms with E-state index in [0.717, 1.165) is 25.7 Å². The molecule has 2 aliphatic rings. The molecule has 3 nitrogen and oxygen atoms in total. The van der Waals surface area contributed by atoms with Gasteiger partial charge < -0.3 is 15.1 Å². The normalized spacial score (nSPS) is 26.2. The van der Waals surface area contributed by atoms with Gasteiger partial charge in [-0.15, -0.1) is 0 Å². The molecule has 3 heteroatoms. The van der Waals surface area contributed by atoms with Gasteiger partial charge in [0, 0.05) is 5.92 Å². The topological polar surface area (TPSA) is 43.7 Å². The number of hydrogen-bond acceptors (Lipinski definition) is 3. The molecule has 0 radical (unpaired) electrons. The summed E-state index contributed by atoms with van der Waals surface area (Å²) in [6, 6.07) is 0. The Morgan fingerprint density at radius 2 is 1.62 bits per heavy atom. The monoisotopic (exact) mass is 447 g/mol. The minimum absolute atomic E-state index is 0.222. The average molecular weight is 448 g/mol. The molecule has 0 aromatic rings. The molecule has 2 N–H and O–H groups in total. The van der Waals surface area contributed by atoms with Crippen molar-refractivity contribution >= 4 is 0 Å². The molecule has 186 valence electrons. The van der Waals surface area contributed by atoms with Gasteiger partial charge in [0.15, 0.2) is 0 Å². The number of hydrogen-bond donors (Lipinski definition) is 2. The van der Waals surface area contributed by atoms with Gasteiger partial charge in [-0.3, -0.25) is 0 Å². The van der Waals surface area contributed by atoms with Crippen LogP contribution in [0.1, 0.15) is 111 Å². The van der Waals surface area contributed by atoms with Gasteiger partial charge in [0.05, 0.1) is 12.2 Å². The maximum absolute atomic E-state index is 10.6. The third kappa shape index (κ3) is 9.69. The minimum Gasteiger partial charge on any atom is -0.392 e. The molecule has 32 heavy (non-hydrogen) atoms. The molecule has 0 aliphatic heterocycles. The maximum Gasteiger partial charge on any atom is 0.0721 e. The summed E-state index contributed by atoms with van der Waals surface area (Å²) in [5.41, 5.74) is 1.63. The molecule has 0 saturated heterocycles. The van der Waals surface area contributed by atoms with Crippen molar-refractivity contribution in [1.82, 2.24) is 4.90 Å². The molecule has 0 aromatic heterocycles. The van der Waals surface area contributed by atoms with E-state index in [1.807, 2.05) is 6.08 Å². The maximum atomic E-state index is 10.6. The smallest absolute Gasteiger partial charge is 0.0721 e.